The van der Waals surface area contributed by atoms with Gasteiger partial charge in [0.25, 0.3) is 5.91 Å². The number of esters is 1. The summed E-state index contributed by atoms with van der Waals surface area (Å²) in [7, 11) is -3.51. The first-order valence-corrected chi connectivity index (χ1v) is 10.1. The Hall–Kier alpha value is -1.97. The first-order valence-electron chi connectivity index (χ1n) is 8.61. The number of hydrogen-bond acceptors (Lipinski definition) is 6. The highest BCUT2D eigenvalue weighted by molar-refractivity contribution is 7.89. The molecule has 0 aromatic heterocycles. The molecule has 0 N–H and O–H groups in total. The number of nitrogens with zero attached hydrogens (tertiary/aromatic N) is 2. The highest BCUT2D eigenvalue weighted by Crippen LogP contribution is 2.21. The van der Waals surface area contributed by atoms with E-state index in [1.165, 1.54) is 28.6 Å². The molecule has 0 radical (unpaired) electrons. The van der Waals surface area contributed by atoms with Crippen LogP contribution in [0.5, 0.6) is 0 Å². The number of morpholine rings is 1. The molecule has 0 atom stereocenters. The predicted octanol–water partition coefficient (Wildman–Crippen LogP) is 0.487. The van der Waals surface area contributed by atoms with Crippen LogP contribution in [0.3, 0.4) is 0 Å². The molecule has 2 fully saturated rings. The summed E-state index contributed by atoms with van der Waals surface area (Å²) >= 11 is 0. The van der Waals surface area contributed by atoms with Crippen molar-refractivity contribution in [1.82, 2.24) is 9.21 Å². The minimum absolute atomic E-state index is 0.153. The van der Waals surface area contributed by atoms with Gasteiger partial charge < -0.3 is 14.4 Å². The second-order valence-corrected chi connectivity index (χ2v) is 8.14. The molecule has 1 aromatic carbocycles. The molecule has 0 saturated carbocycles. The molecular formula is C17H22N2O6S. The quantitative estimate of drug-likeness (QED) is 0.688. The molecule has 1 amide bonds. The van der Waals surface area contributed by atoms with Crippen molar-refractivity contribution in [2.75, 3.05) is 46.0 Å². The molecule has 0 spiro atoms. The van der Waals surface area contributed by atoms with Crippen LogP contribution in [0.15, 0.2) is 29.2 Å². The molecule has 2 heterocycles. The van der Waals surface area contributed by atoms with E-state index in [1.54, 1.807) is 4.90 Å². The second-order valence-electron chi connectivity index (χ2n) is 6.20. The first kappa shape index (κ1) is 18.8. The number of carbonyl (C=O) groups is 2. The predicted molar refractivity (Wildman–Crippen MR) is 92.1 cm³/mol. The van der Waals surface area contributed by atoms with Gasteiger partial charge in [-0.3, -0.25) is 4.79 Å². The molecule has 8 nitrogen and oxygen atoms in total. The topological polar surface area (TPSA) is 93.2 Å². The molecule has 1 aromatic rings. The monoisotopic (exact) mass is 382 g/mol. The lowest BCUT2D eigenvalue weighted by molar-refractivity contribution is -0.138. The Bertz CT molecular complexity index is 750. The maximum Gasteiger partial charge on any atom is 0.338 e. The van der Waals surface area contributed by atoms with Crippen LogP contribution in [0.4, 0.5) is 0 Å². The van der Waals surface area contributed by atoms with Crippen LogP contribution in [-0.4, -0.2) is 75.5 Å². The van der Waals surface area contributed by atoms with Crippen molar-refractivity contribution in [3.8, 4) is 0 Å². The van der Waals surface area contributed by atoms with E-state index < -0.39 is 16.0 Å². The molecule has 9 heteroatoms. The van der Waals surface area contributed by atoms with Crippen LogP contribution in [0.2, 0.25) is 0 Å². The summed E-state index contributed by atoms with van der Waals surface area (Å²) in [5, 5.41) is 0. The van der Waals surface area contributed by atoms with E-state index in [2.05, 4.69) is 0 Å². The van der Waals surface area contributed by atoms with Gasteiger partial charge in [-0.05, 0) is 37.1 Å². The van der Waals surface area contributed by atoms with Crippen LogP contribution >= 0.6 is 0 Å². The van der Waals surface area contributed by atoms with Crippen LogP contribution in [0.25, 0.3) is 0 Å². The fourth-order valence-corrected chi connectivity index (χ4v) is 4.47. The molecule has 2 aliphatic heterocycles. The van der Waals surface area contributed by atoms with Gasteiger partial charge in [0, 0.05) is 26.2 Å². The maximum absolute atomic E-state index is 12.5. The lowest BCUT2D eigenvalue weighted by atomic mass is 10.2. The van der Waals surface area contributed by atoms with Crippen LogP contribution < -0.4 is 0 Å². The van der Waals surface area contributed by atoms with Crippen LogP contribution in [0.1, 0.15) is 23.2 Å². The van der Waals surface area contributed by atoms with Crippen molar-refractivity contribution in [1.29, 1.82) is 0 Å². The maximum atomic E-state index is 12.5. The molecule has 2 aliphatic rings. The van der Waals surface area contributed by atoms with Gasteiger partial charge in [0.1, 0.15) is 0 Å². The Labute approximate surface area is 152 Å². The molecule has 2 saturated heterocycles. The SMILES string of the molecule is O=C(OCC(=O)N1CCOCC1)c1ccc(S(=O)(=O)N2CCCC2)cc1. The Kier molecular flexibility index (Phi) is 5.90. The number of ether oxygens (including phenoxy) is 2. The van der Waals surface area contributed by atoms with Gasteiger partial charge in [-0.15, -0.1) is 0 Å². The molecule has 0 unspecified atom stereocenters. The van der Waals surface area contributed by atoms with Crippen LogP contribution in [-0.2, 0) is 24.3 Å². The summed E-state index contributed by atoms with van der Waals surface area (Å²) in [6, 6.07) is 5.61. The third-order valence-electron chi connectivity index (χ3n) is 4.48. The highest BCUT2D eigenvalue weighted by Gasteiger charge is 2.27. The van der Waals surface area contributed by atoms with Crippen molar-refractivity contribution in [3.05, 3.63) is 29.8 Å². The number of sulfonamides is 1. The summed E-state index contributed by atoms with van der Waals surface area (Å²) in [5.41, 5.74) is 0.208. The fourth-order valence-electron chi connectivity index (χ4n) is 2.96. The number of carbonyl (C=O) groups excluding carboxylic acids is 2. The minimum atomic E-state index is -3.51. The zero-order valence-corrected chi connectivity index (χ0v) is 15.2. The summed E-state index contributed by atoms with van der Waals surface area (Å²) in [6.45, 7) is 2.64. The van der Waals surface area contributed by atoms with Crippen molar-refractivity contribution < 1.29 is 27.5 Å². The zero-order valence-electron chi connectivity index (χ0n) is 14.4. The summed E-state index contributed by atoms with van der Waals surface area (Å²) in [4.78, 5) is 25.8. The molecule has 142 valence electrons. The van der Waals surface area contributed by atoms with E-state index in [-0.39, 0.29) is 23.0 Å². The molecule has 26 heavy (non-hydrogen) atoms. The lowest BCUT2D eigenvalue weighted by Gasteiger charge is -2.26. The number of hydrogen-bond donors (Lipinski definition) is 0. The average molecular weight is 382 g/mol. The van der Waals surface area contributed by atoms with Crippen molar-refractivity contribution >= 4 is 21.9 Å². The highest BCUT2D eigenvalue weighted by atomic mass is 32.2. The average Bonchev–Trinajstić information content (AvgIpc) is 3.22. The van der Waals surface area contributed by atoms with Gasteiger partial charge in [-0.2, -0.15) is 4.31 Å². The normalized spacial score (nSPS) is 18.7. The Morgan fingerprint density at radius 2 is 1.62 bits per heavy atom. The summed E-state index contributed by atoms with van der Waals surface area (Å²) < 4.78 is 36.6. The van der Waals surface area contributed by atoms with Gasteiger partial charge in [-0.25, -0.2) is 13.2 Å². The van der Waals surface area contributed by atoms with Gasteiger partial charge in [0.2, 0.25) is 10.0 Å². The number of rotatable bonds is 5. The number of amides is 1. The molecule has 0 bridgehead atoms. The van der Waals surface area contributed by atoms with Crippen LogP contribution in [0, 0.1) is 0 Å². The van der Waals surface area contributed by atoms with Gasteiger partial charge >= 0.3 is 5.97 Å². The molecule has 3 rings (SSSR count). The Balaban J connectivity index is 1.57. The van der Waals surface area contributed by atoms with Crippen molar-refractivity contribution in [2.45, 2.75) is 17.7 Å². The number of benzene rings is 1. The third kappa shape index (κ3) is 4.22. The standard InChI is InChI=1S/C17H22N2O6S/c20-16(18-9-11-24-12-10-18)13-25-17(21)14-3-5-15(6-4-14)26(22,23)19-7-1-2-8-19/h3-6H,1-2,7-13H2. The van der Waals surface area contributed by atoms with E-state index in [9.17, 15) is 18.0 Å². The second kappa shape index (κ2) is 8.15. The summed E-state index contributed by atoms with van der Waals surface area (Å²) in [6.07, 6.45) is 1.72. The molecule has 0 aliphatic carbocycles. The molecular weight excluding hydrogens is 360 g/mol. The largest absolute Gasteiger partial charge is 0.452 e. The van der Waals surface area contributed by atoms with Gasteiger partial charge in [0.05, 0.1) is 23.7 Å². The smallest absolute Gasteiger partial charge is 0.338 e. The van der Waals surface area contributed by atoms with Gasteiger partial charge in [-0.1, -0.05) is 0 Å². The minimum Gasteiger partial charge on any atom is -0.452 e. The zero-order chi connectivity index (χ0) is 18.6. The van der Waals surface area contributed by atoms with E-state index in [0.29, 0.717) is 39.4 Å². The summed E-state index contributed by atoms with van der Waals surface area (Å²) in [5.74, 6) is -0.924. The Morgan fingerprint density at radius 3 is 2.23 bits per heavy atom. The third-order valence-corrected chi connectivity index (χ3v) is 6.40. The first-order chi connectivity index (χ1) is 12.5. The lowest BCUT2D eigenvalue weighted by Crippen LogP contribution is -2.42. The van der Waals surface area contributed by atoms with Gasteiger partial charge in [0.15, 0.2) is 6.61 Å². The van der Waals surface area contributed by atoms with E-state index >= 15 is 0 Å². The van der Waals surface area contributed by atoms with E-state index in [1.807, 2.05) is 0 Å². The van der Waals surface area contributed by atoms with Crippen molar-refractivity contribution in [2.24, 2.45) is 0 Å². The van der Waals surface area contributed by atoms with Crippen molar-refractivity contribution in [3.63, 3.8) is 0 Å². The fraction of sp³-hybridized carbons (Fsp3) is 0.529. The van der Waals surface area contributed by atoms with E-state index in [0.717, 1.165) is 12.8 Å². The van der Waals surface area contributed by atoms with E-state index in [4.69, 9.17) is 9.47 Å². The Morgan fingerprint density at radius 1 is 1.00 bits per heavy atom.